The molecule has 4 rings (SSSR count). The molecule has 2 aromatic heterocycles. The molecule has 0 aromatic carbocycles. The van der Waals surface area contributed by atoms with E-state index in [1.165, 1.54) is 43.4 Å². The van der Waals surface area contributed by atoms with Gasteiger partial charge >= 0.3 is 0 Å². The highest BCUT2D eigenvalue weighted by molar-refractivity contribution is 8.00. The minimum Gasteiger partial charge on any atom is -0.342 e. The fraction of sp³-hybridized carbons (Fsp3) is 0.667. The number of hydrogen-bond acceptors (Lipinski definition) is 5. The molecular weight excluding hydrogens is 388 g/mol. The molecule has 28 heavy (non-hydrogen) atoms. The Morgan fingerprint density at radius 2 is 1.93 bits per heavy atom. The highest BCUT2D eigenvalue weighted by Crippen LogP contribution is 2.35. The van der Waals surface area contributed by atoms with E-state index in [0.717, 1.165) is 43.3 Å². The van der Waals surface area contributed by atoms with Crippen molar-refractivity contribution < 1.29 is 4.79 Å². The van der Waals surface area contributed by atoms with Crippen LogP contribution in [-0.2, 0) is 11.2 Å². The minimum absolute atomic E-state index is 0.112. The SMILES string of the molecule is CC(Sc1nnc(Cc2cccs2)n1C1CCCCC1)C(=O)N1CCCCC1. The lowest BCUT2D eigenvalue weighted by Crippen LogP contribution is -2.40. The van der Waals surface area contributed by atoms with E-state index in [1.807, 2.05) is 11.8 Å². The number of likely N-dealkylation sites (tertiary alicyclic amines) is 1. The molecule has 1 atom stereocenters. The Morgan fingerprint density at radius 3 is 2.64 bits per heavy atom. The van der Waals surface area contributed by atoms with E-state index in [1.54, 1.807) is 23.1 Å². The second-order valence-electron chi connectivity index (χ2n) is 7.96. The highest BCUT2D eigenvalue weighted by atomic mass is 32.2. The number of rotatable bonds is 6. The van der Waals surface area contributed by atoms with E-state index in [9.17, 15) is 4.79 Å². The smallest absolute Gasteiger partial charge is 0.235 e. The first-order valence-corrected chi connectivity index (χ1v) is 12.4. The first-order chi connectivity index (χ1) is 13.7. The van der Waals surface area contributed by atoms with Crippen LogP contribution in [0.3, 0.4) is 0 Å². The maximum Gasteiger partial charge on any atom is 0.235 e. The molecule has 1 aliphatic heterocycles. The van der Waals surface area contributed by atoms with Crippen LogP contribution in [-0.4, -0.2) is 43.9 Å². The van der Waals surface area contributed by atoms with Crippen LogP contribution < -0.4 is 0 Å². The second kappa shape index (κ2) is 9.44. The summed E-state index contributed by atoms with van der Waals surface area (Å²) in [5, 5.41) is 12.0. The van der Waals surface area contributed by atoms with Gasteiger partial charge < -0.3 is 9.47 Å². The summed E-state index contributed by atoms with van der Waals surface area (Å²) in [6, 6.07) is 4.73. The normalized spacial score (nSPS) is 19.7. The summed E-state index contributed by atoms with van der Waals surface area (Å²) in [4.78, 5) is 16.3. The average Bonchev–Trinajstić information content (AvgIpc) is 3.39. The third kappa shape index (κ3) is 4.62. The number of amides is 1. The molecule has 2 aromatic rings. The van der Waals surface area contributed by atoms with Crippen molar-refractivity contribution in [3.63, 3.8) is 0 Å². The topological polar surface area (TPSA) is 51.0 Å². The summed E-state index contributed by atoms with van der Waals surface area (Å²) in [7, 11) is 0. The first-order valence-electron chi connectivity index (χ1n) is 10.6. The molecule has 0 radical (unpaired) electrons. The van der Waals surface area contributed by atoms with Gasteiger partial charge in [-0.1, -0.05) is 37.1 Å². The van der Waals surface area contributed by atoms with Crippen LogP contribution in [0.5, 0.6) is 0 Å². The summed E-state index contributed by atoms with van der Waals surface area (Å²) in [5.74, 6) is 1.30. The number of carbonyl (C=O) groups excluding carboxylic acids is 1. The summed E-state index contributed by atoms with van der Waals surface area (Å²) >= 11 is 3.37. The average molecular weight is 419 g/mol. The van der Waals surface area contributed by atoms with Gasteiger partial charge in [-0.2, -0.15) is 0 Å². The second-order valence-corrected chi connectivity index (χ2v) is 10.3. The Hall–Kier alpha value is -1.34. The number of carbonyl (C=O) groups is 1. The van der Waals surface area contributed by atoms with Crippen LogP contribution in [0.15, 0.2) is 22.7 Å². The van der Waals surface area contributed by atoms with E-state index in [2.05, 4.69) is 32.3 Å². The Kier molecular flexibility index (Phi) is 6.73. The van der Waals surface area contributed by atoms with Crippen LogP contribution in [0.25, 0.3) is 0 Å². The van der Waals surface area contributed by atoms with Gasteiger partial charge in [0.15, 0.2) is 5.16 Å². The first kappa shape index (κ1) is 20.0. The molecule has 0 spiro atoms. The lowest BCUT2D eigenvalue weighted by Gasteiger charge is -2.29. The molecule has 3 heterocycles. The molecule has 1 aliphatic carbocycles. The van der Waals surface area contributed by atoms with Crippen LogP contribution in [0.4, 0.5) is 0 Å². The number of nitrogens with zero attached hydrogens (tertiary/aromatic N) is 4. The zero-order valence-electron chi connectivity index (χ0n) is 16.7. The van der Waals surface area contributed by atoms with Crippen molar-refractivity contribution in [2.45, 2.75) is 81.2 Å². The Morgan fingerprint density at radius 1 is 1.18 bits per heavy atom. The van der Waals surface area contributed by atoms with E-state index < -0.39 is 0 Å². The van der Waals surface area contributed by atoms with Crippen molar-refractivity contribution in [1.29, 1.82) is 0 Å². The zero-order valence-corrected chi connectivity index (χ0v) is 18.3. The summed E-state index contributed by atoms with van der Waals surface area (Å²) in [6.07, 6.45) is 10.6. The van der Waals surface area contributed by atoms with Gasteiger partial charge in [-0.25, -0.2) is 0 Å². The van der Waals surface area contributed by atoms with Crippen LogP contribution in [0.2, 0.25) is 0 Å². The molecule has 5 nitrogen and oxygen atoms in total. The molecule has 152 valence electrons. The van der Waals surface area contributed by atoms with Gasteiger partial charge in [-0.15, -0.1) is 21.5 Å². The molecule has 0 N–H and O–H groups in total. The Balaban J connectivity index is 1.53. The van der Waals surface area contributed by atoms with Crippen LogP contribution in [0.1, 0.15) is 75.0 Å². The number of thiophene rings is 1. The maximum absolute atomic E-state index is 12.9. The molecular formula is C21H30N4OS2. The van der Waals surface area contributed by atoms with E-state index in [4.69, 9.17) is 0 Å². The minimum atomic E-state index is -0.112. The van der Waals surface area contributed by atoms with Gasteiger partial charge in [-0.3, -0.25) is 4.79 Å². The fourth-order valence-electron chi connectivity index (χ4n) is 4.36. The molecule has 0 bridgehead atoms. The molecule has 1 saturated carbocycles. The van der Waals surface area contributed by atoms with Gasteiger partial charge in [0.25, 0.3) is 0 Å². The molecule has 1 unspecified atom stereocenters. The van der Waals surface area contributed by atoms with Gasteiger partial charge in [0, 0.05) is 30.4 Å². The van der Waals surface area contributed by atoms with Crippen LogP contribution >= 0.6 is 23.1 Å². The van der Waals surface area contributed by atoms with Crippen molar-refractivity contribution in [2.75, 3.05) is 13.1 Å². The van der Waals surface area contributed by atoms with Crippen molar-refractivity contribution in [3.8, 4) is 0 Å². The fourth-order valence-corrected chi connectivity index (χ4v) is 6.09. The summed E-state index contributed by atoms with van der Waals surface area (Å²) in [5.41, 5.74) is 0. The summed E-state index contributed by atoms with van der Waals surface area (Å²) in [6.45, 7) is 3.84. The molecule has 7 heteroatoms. The number of hydrogen-bond donors (Lipinski definition) is 0. The maximum atomic E-state index is 12.9. The number of aromatic nitrogens is 3. The lowest BCUT2D eigenvalue weighted by molar-refractivity contribution is -0.131. The molecule has 2 aliphatic rings. The Labute approximate surface area is 175 Å². The van der Waals surface area contributed by atoms with E-state index >= 15 is 0 Å². The van der Waals surface area contributed by atoms with Gasteiger partial charge in [-0.05, 0) is 50.5 Å². The van der Waals surface area contributed by atoms with Gasteiger partial charge in [0.2, 0.25) is 5.91 Å². The van der Waals surface area contributed by atoms with E-state index in [-0.39, 0.29) is 11.2 Å². The predicted molar refractivity (Wildman–Crippen MR) is 115 cm³/mol. The molecule has 1 saturated heterocycles. The van der Waals surface area contributed by atoms with Gasteiger partial charge in [0.1, 0.15) is 5.82 Å². The third-order valence-electron chi connectivity index (χ3n) is 5.89. The quantitative estimate of drug-likeness (QED) is 0.624. The highest BCUT2D eigenvalue weighted by Gasteiger charge is 2.28. The zero-order chi connectivity index (χ0) is 19.3. The van der Waals surface area contributed by atoms with Crippen LogP contribution in [0, 0.1) is 0 Å². The third-order valence-corrected chi connectivity index (χ3v) is 7.81. The van der Waals surface area contributed by atoms with Crippen molar-refractivity contribution in [2.24, 2.45) is 0 Å². The predicted octanol–water partition coefficient (Wildman–Crippen LogP) is 4.93. The lowest BCUT2D eigenvalue weighted by atomic mass is 9.95. The molecule has 2 fully saturated rings. The standard InChI is InChI=1S/C21H30N4OS2/c1-16(20(26)24-12-6-3-7-13-24)28-21-23-22-19(15-18-11-8-14-27-18)25(21)17-9-4-2-5-10-17/h8,11,14,16-17H,2-7,9-10,12-13,15H2,1H3. The van der Waals surface area contributed by atoms with E-state index in [0.29, 0.717) is 6.04 Å². The largest absolute Gasteiger partial charge is 0.342 e. The van der Waals surface area contributed by atoms with Gasteiger partial charge in [0.05, 0.1) is 5.25 Å². The summed E-state index contributed by atoms with van der Waals surface area (Å²) < 4.78 is 2.36. The monoisotopic (exact) mass is 418 g/mol. The molecule has 1 amide bonds. The van der Waals surface area contributed by atoms with Crippen molar-refractivity contribution in [1.82, 2.24) is 19.7 Å². The Bertz CT molecular complexity index is 761. The number of piperidine rings is 1. The number of thioether (sulfide) groups is 1. The van der Waals surface area contributed by atoms with Crippen molar-refractivity contribution >= 4 is 29.0 Å². The van der Waals surface area contributed by atoms with Crippen molar-refractivity contribution in [3.05, 3.63) is 28.2 Å².